The molecule has 2 saturated heterocycles. The van der Waals surface area contributed by atoms with Gasteiger partial charge in [0.05, 0.1) is 33.0 Å². The van der Waals surface area contributed by atoms with Crippen LogP contribution in [0.2, 0.25) is 5.28 Å². The number of fused-ring (bicyclic) bond motifs is 1. The minimum absolute atomic E-state index is 0.0430. The van der Waals surface area contributed by atoms with Gasteiger partial charge in [0, 0.05) is 25.4 Å². The highest BCUT2D eigenvalue weighted by Gasteiger charge is 2.63. The van der Waals surface area contributed by atoms with Crippen molar-refractivity contribution in [2.24, 2.45) is 5.10 Å². The van der Waals surface area contributed by atoms with Crippen molar-refractivity contribution >= 4 is 49.6 Å². The number of aromatic nitrogens is 2. The second kappa shape index (κ2) is 17.5. The summed E-state index contributed by atoms with van der Waals surface area (Å²) in [6.45, 7) is 18.2. The molecule has 1 aromatic rings. The average Bonchev–Trinajstić information content (AvgIpc) is 3.77. The van der Waals surface area contributed by atoms with Crippen LogP contribution in [0.15, 0.2) is 5.10 Å². The fraction of sp³-hybridized carbons (Fsp3) is 0.794. The number of carbonyl (C=O) groups excluding carboxylic acids is 2. The van der Waals surface area contributed by atoms with Crippen LogP contribution in [0.1, 0.15) is 86.6 Å². The van der Waals surface area contributed by atoms with E-state index in [1.54, 1.807) is 67.2 Å². The van der Waals surface area contributed by atoms with Crippen molar-refractivity contribution in [3.63, 3.8) is 0 Å². The molecule has 300 valence electrons. The molecule has 1 unspecified atom stereocenters. The van der Waals surface area contributed by atoms with Crippen LogP contribution in [0.3, 0.4) is 0 Å². The summed E-state index contributed by atoms with van der Waals surface area (Å²) >= 11 is 6.57. The molecule has 3 fully saturated rings. The maximum absolute atomic E-state index is 14.3. The largest absolute Gasteiger partial charge is 0.463 e. The third-order valence-corrected chi connectivity index (χ3v) is 11.5. The summed E-state index contributed by atoms with van der Waals surface area (Å²) in [6.07, 6.45) is -0.777. The molecule has 0 aromatic carbocycles. The highest BCUT2D eigenvalue weighted by atomic mass is 35.5. The molecule has 53 heavy (non-hydrogen) atoms. The van der Waals surface area contributed by atoms with Crippen molar-refractivity contribution in [3.8, 4) is 0 Å². The standard InChI is InChI=1S/C34H55ClN5O12P/c1-12-45-29(41)34(20-44-11,53(43,47-13-2)48-14-3)46-19-23-24-25(51-33(8,9)50-24)28(49-23)40(36-10)27-21(4)26(37-30(35)38-27)39(22-17-15-16-18-22)31(42)52-32(5,6)7/h22-25,28H,10,12-20H2,1-9,11H3/t23-,24-,25-,28-,34?/m1/s1. The maximum atomic E-state index is 14.3. The monoisotopic (exact) mass is 791 g/mol. The number of rotatable bonds is 17. The van der Waals surface area contributed by atoms with Crippen LogP contribution >= 0.6 is 19.2 Å². The Morgan fingerprint density at radius 1 is 1.04 bits per heavy atom. The average molecular weight is 792 g/mol. The molecule has 1 aliphatic carbocycles. The quantitative estimate of drug-likeness (QED) is 0.0591. The normalized spacial score (nSPS) is 24.1. The van der Waals surface area contributed by atoms with Crippen LogP contribution in [0.25, 0.3) is 0 Å². The van der Waals surface area contributed by atoms with E-state index in [-0.39, 0.29) is 49.4 Å². The zero-order valence-electron chi connectivity index (χ0n) is 32.4. The first-order valence-electron chi connectivity index (χ1n) is 17.9. The molecular formula is C34H55ClN5O12P. The van der Waals surface area contributed by atoms with Crippen LogP contribution in [0.4, 0.5) is 16.4 Å². The Kier molecular flexibility index (Phi) is 14.3. The second-order valence-corrected chi connectivity index (χ2v) is 16.8. The van der Waals surface area contributed by atoms with Gasteiger partial charge >= 0.3 is 19.7 Å². The highest BCUT2D eigenvalue weighted by Crippen LogP contribution is 2.61. The number of esters is 1. The Balaban J connectivity index is 1.75. The van der Waals surface area contributed by atoms with Crippen LogP contribution in [0, 0.1) is 6.92 Å². The topological polar surface area (TPSA) is 179 Å². The number of hydrogen-bond donors (Lipinski definition) is 0. The number of methoxy groups -OCH3 is 1. The number of hydrogen-bond acceptors (Lipinski definition) is 16. The Labute approximate surface area is 316 Å². The summed E-state index contributed by atoms with van der Waals surface area (Å²) in [5, 5.41) is 3.20. The van der Waals surface area contributed by atoms with Gasteiger partial charge in [0.2, 0.25) is 5.28 Å². The van der Waals surface area contributed by atoms with Gasteiger partial charge in [0.1, 0.15) is 29.7 Å². The Morgan fingerprint density at radius 3 is 2.19 bits per heavy atom. The molecule has 4 rings (SSSR count). The summed E-state index contributed by atoms with van der Waals surface area (Å²) in [7, 11) is -3.06. The molecule has 1 amide bonds. The molecule has 2 aliphatic heterocycles. The van der Waals surface area contributed by atoms with E-state index in [1.165, 1.54) is 12.1 Å². The number of carbonyl (C=O) groups is 2. The summed E-state index contributed by atoms with van der Waals surface area (Å²) in [5.74, 6) is -1.63. The predicted molar refractivity (Wildman–Crippen MR) is 195 cm³/mol. The van der Waals surface area contributed by atoms with Crippen LogP contribution in [0.5, 0.6) is 0 Å². The van der Waals surface area contributed by atoms with Crippen molar-refractivity contribution in [1.29, 1.82) is 0 Å². The van der Waals surface area contributed by atoms with E-state index >= 15 is 0 Å². The van der Waals surface area contributed by atoms with Crippen molar-refractivity contribution in [3.05, 3.63) is 10.8 Å². The van der Waals surface area contributed by atoms with Gasteiger partial charge in [-0.05, 0) is 86.8 Å². The first kappa shape index (κ1) is 43.3. The minimum Gasteiger partial charge on any atom is -0.463 e. The minimum atomic E-state index is -4.38. The molecule has 3 heterocycles. The van der Waals surface area contributed by atoms with Gasteiger partial charge in [0.15, 0.2) is 17.8 Å². The Hall–Kier alpha value is -2.47. The fourth-order valence-electron chi connectivity index (χ4n) is 6.74. The lowest BCUT2D eigenvalue weighted by Crippen LogP contribution is -2.50. The molecule has 0 N–H and O–H groups in total. The second-order valence-electron chi connectivity index (χ2n) is 14.3. The molecule has 0 spiro atoms. The number of amides is 1. The van der Waals surface area contributed by atoms with E-state index in [1.807, 2.05) is 0 Å². The number of ether oxygens (including phenoxy) is 7. The van der Waals surface area contributed by atoms with Gasteiger partial charge in [-0.1, -0.05) is 12.8 Å². The number of hydrazone groups is 1. The molecule has 19 heteroatoms. The number of halogens is 1. The first-order chi connectivity index (χ1) is 24.9. The zero-order chi connectivity index (χ0) is 39.4. The molecule has 17 nitrogen and oxygen atoms in total. The van der Waals surface area contributed by atoms with Crippen molar-refractivity contribution in [2.45, 2.75) is 135 Å². The third kappa shape index (κ3) is 9.33. The molecule has 1 saturated carbocycles. The molecule has 3 aliphatic rings. The molecule has 0 bridgehead atoms. The van der Waals surface area contributed by atoms with Gasteiger partial charge < -0.3 is 42.2 Å². The third-order valence-electron chi connectivity index (χ3n) is 8.77. The van der Waals surface area contributed by atoms with E-state index in [9.17, 15) is 14.2 Å². The van der Waals surface area contributed by atoms with Gasteiger partial charge in [-0.25, -0.2) is 14.6 Å². The SMILES string of the molecule is C=NN(c1nc(Cl)nc(N(C(=O)OC(C)(C)C)C2CCCC2)c1C)[C@@H]1O[C@H](COC(COC)(C(=O)OCC)P(=O)(OCC)OCC)[C@H]2OC(C)(C)O[C@H]21. The molecular weight excluding hydrogens is 737 g/mol. The predicted octanol–water partition coefficient (Wildman–Crippen LogP) is 5.98. The van der Waals surface area contributed by atoms with Gasteiger partial charge in [-0.3, -0.25) is 9.46 Å². The van der Waals surface area contributed by atoms with Crippen molar-refractivity contribution in [1.82, 2.24) is 9.97 Å². The lowest BCUT2D eigenvalue weighted by Gasteiger charge is -2.36. The van der Waals surface area contributed by atoms with Crippen LogP contribution in [-0.2, 0) is 51.6 Å². The Morgan fingerprint density at radius 2 is 1.64 bits per heavy atom. The highest BCUT2D eigenvalue weighted by molar-refractivity contribution is 7.56. The van der Waals surface area contributed by atoms with E-state index in [2.05, 4.69) is 21.8 Å². The number of anilines is 2. The van der Waals surface area contributed by atoms with Crippen LogP contribution < -0.4 is 9.91 Å². The number of nitrogens with zero attached hydrogens (tertiary/aromatic N) is 5. The first-order valence-corrected chi connectivity index (χ1v) is 19.9. The lowest BCUT2D eigenvalue weighted by molar-refractivity contribution is -0.200. The summed E-state index contributed by atoms with van der Waals surface area (Å²) < 4.78 is 67.4. The van der Waals surface area contributed by atoms with Gasteiger partial charge in [-0.2, -0.15) is 15.1 Å². The van der Waals surface area contributed by atoms with Gasteiger partial charge in [-0.15, -0.1) is 0 Å². The molecule has 5 atom stereocenters. The fourth-order valence-corrected chi connectivity index (χ4v) is 8.88. The van der Waals surface area contributed by atoms with E-state index in [0.717, 1.165) is 25.7 Å². The van der Waals surface area contributed by atoms with E-state index in [4.69, 9.17) is 53.8 Å². The molecule has 1 aromatic heterocycles. The van der Waals surface area contributed by atoms with E-state index < -0.39 is 67.5 Å². The van der Waals surface area contributed by atoms with Crippen molar-refractivity contribution in [2.75, 3.05) is 50.1 Å². The van der Waals surface area contributed by atoms with E-state index in [0.29, 0.717) is 5.56 Å². The summed E-state index contributed by atoms with van der Waals surface area (Å²) in [4.78, 5) is 37.9. The summed E-state index contributed by atoms with van der Waals surface area (Å²) in [6, 6.07) is -0.176. The zero-order valence-corrected chi connectivity index (χ0v) is 34.1. The smallest absolute Gasteiger partial charge is 0.416 e. The lowest BCUT2D eigenvalue weighted by atomic mass is 10.1. The molecule has 0 radical (unpaired) electrons. The maximum Gasteiger partial charge on any atom is 0.416 e. The van der Waals surface area contributed by atoms with Gasteiger partial charge in [0.25, 0.3) is 5.34 Å². The summed E-state index contributed by atoms with van der Waals surface area (Å²) in [5.41, 5.74) is -0.312. The Bertz CT molecular complexity index is 1500. The van der Waals surface area contributed by atoms with Crippen molar-refractivity contribution < 1.29 is 56.4 Å². The van der Waals surface area contributed by atoms with Crippen LogP contribution in [-0.4, -0.2) is 116 Å².